The summed E-state index contributed by atoms with van der Waals surface area (Å²) in [5, 5.41) is 0. The highest BCUT2D eigenvalue weighted by atomic mass is 79.9. The first-order chi connectivity index (χ1) is 6.74. The largest absolute Gasteiger partial charge is 0.460 e. The molecule has 0 aliphatic heterocycles. The number of rotatable bonds is 4. The van der Waals surface area contributed by atoms with Crippen molar-refractivity contribution in [2.24, 2.45) is 0 Å². The van der Waals surface area contributed by atoms with E-state index in [2.05, 4.69) is 25.9 Å². The summed E-state index contributed by atoms with van der Waals surface area (Å²) in [4.78, 5) is 18.9. The zero-order valence-corrected chi connectivity index (χ0v) is 9.45. The van der Waals surface area contributed by atoms with Gasteiger partial charge in [-0.2, -0.15) is 0 Å². The monoisotopic (exact) mass is 258 g/mol. The van der Waals surface area contributed by atoms with E-state index in [9.17, 15) is 4.79 Å². The number of unbranched alkanes of at least 4 members (excludes halogenated alkanes) is 1. The number of aromatic nitrogens is 2. The van der Waals surface area contributed by atoms with Crippen molar-refractivity contribution in [1.82, 2.24) is 9.97 Å². The number of hydrogen-bond acceptors (Lipinski definition) is 4. The van der Waals surface area contributed by atoms with Crippen molar-refractivity contribution in [3.63, 3.8) is 0 Å². The average Bonchev–Trinajstić information content (AvgIpc) is 2.19. The van der Waals surface area contributed by atoms with Crippen LogP contribution in [0.25, 0.3) is 0 Å². The molecule has 1 heterocycles. The van der Waals surface area contributed by atoms with Crippen molar-refractivity contribution < 1.29 is 9.53 Å². The molecule has 14 heavy (non-hydrogen) atoms. The minimum atomic E-state index is -0.467. The Hall–Kier alpha value is -0.970. The van der Waals surface area contributed by atoms with E-state index in [1.807, 2.05) is 6.92 Å². The highest BCUT2D eigenvalue weighted by molar-refractivity contribution is 9.10. The summed E-state index contributed by atoms with van der Waals surface area (Å²) in [5.41, 5.74) is 0. The van der Waals surface area contributed by atoms with Gasteiger partial charge in [-0.3, -0.25) is 0 Å². The lowest BCUT2D eigenvalue weighted by atomic mass is 10.4. The fourth-order valence-electron chi connectivity index (χ4n) is 0.791. The third-order valence-electron chi connectivity index (χ3n) is 1.53. The second-order valence-corrected chi connectivity index (χ2v) is 3.63. The highest BCUT2D eigenvalue weighted by Gasteiger charge is 2.09. The fourth-order valence-corrected chi connectivity index (χ4v) is 0.996. The van der Waals surface area contributed by atoms with Gasteiger partial charge < -0.3 is 4.74 Å². The predicted octanol–water partition coefficient (Wildman–Crippen LogP) is 2.20. The van der Waals surface area contributed by atoms with Gasteiger partial charge in [0, 0.05) is 12.4 Å². The van der Waals surface area contributed by atoms with Crippen LogP contribution in [0.1, 0.15) is 30.4 Å². The van der Waals surface area contributed by atoms with Crippen LogP contribution in [0.15, 0.2) is 16.9 Å². The van der Waals surface area contributed by atoms with Gasteiger partial charge in [-0.15, -0.1) is 0 Å². The van der Waals surface area contributed by atoms with Crippen LogP contribution < -0.4 is 0 Å². The first kappa shape index (κ1) is 11.1. The number of carbonyl (C=O) groups excluding carboxylic acids is 1. The summed E-state index contributed by atoms with van der Waals surface area (Å²) in [6, 6.07) is 0. The maximum Gasteiger partial charge on any atom is 0.376 e. The molecule has 0 aromatic carbocycles. The Balaban J connectivity index is 2.48. The van der Waals surface area contributed by atoms with E-state index in [1.165, 1.54) is 12.4 Å². The smallest absolute Gasteiger partial charge is 0.376 e. The molecule has 0 N–H and O–H groups in total. The number of carbonyl (C=O) groups is 1. The van der Waals surface area contributed by atoms with Gasteiger partial charge in [0.1, 0.15) is 0 Å². The topological polar surface area (TPSA) is 52.1 Å². The van der Waals surface area contributed by atoms with Gasteiger partial charge in [-0.05, 0) is 22.4 Å². The zero-order chi connectivity index (χ0) is 10.4. The number of ether oxygens (including phenoxy) is 1. The molecule has 76 valence electrons. The summed E-state index contributed by atoms with van der Waals surface area (Å²) >= 11 is 3.18. The van der Waals surface area contributed by atoms with Crippen LogP contribution in [0.4, 0.5) is 0 Å². The predicted molar refractivity (Wildman–Crippen MR) is 54.9 cm³/mol. The van der Waals surface area contributed by atoms with E-state index in [0.717, 1.165) is 17.3 Å². The lowest BCUT2D eigenvalue weighted by Crippen LogP contribution is -2.10. The second kappa shape index (κ2) is 5.70. The van der Waals surface area contributed by atoms with Crippen molar-refractivity contribution in [3.05, 3.63) is 22.7 Å². The molecule has 0 unspecified atom stereocenters. The van der Waals surface area contributed by atoms with Crippen molar-refractivity contribution >= 4 is 21.9 Å². The summed E-state index contributed by atoms with van der Waals surface area (Å²) in [6.07, 6.45) is 4.89. The Bertz CT molecular complexity index is 300. The molecule has 1 aromatic heterocycles. The van der Waals surface area contributed by atoms with E-state index >= 15 is 0 Å². The van der Waals surface area contributed by atoms with E-state index in [4.69, 9.17) is 4.74 Å². The Morgan fingerprint density at radius 3 is 2.71 bits per heavy atom. The van der Waals surface area contributed by atoms with E-state index in [0.29, 0.717) is 6.61 Å². The van der Waals surface area contributed by atoms with Crippen LogP contribution in [0, 0.1) is 0 Å². The summed E-state index contributed by atoms with van der Waals surface area (Å²) < 4.78 is 5.67. The molecule has 0 aliphatic carbocycles. The number of esters is 1. The molecule has 4 nitrogen and oxygen atoms in total. The van der Waals surface area contributed by atoms with Crippen LogP contribution in [0.5, 0.6) is 0 Å². The maximum absolute atomic E-state index is 11.3. The zero-order valence-electron chi connectivity index (χ0n) is 7.86. The number of hydrogen-bond donors (Lipinski definition) is 0. The number of halogens is 1. The molecule has 0 saturated heterocycles. The summed E-state index contributed by atoms with van der Waals surface area (Å²) in [5.74, 6) is -0.366. The van der Waals surface area contributed by atoms with Crippen LogP contribution in [-0.4, -0.2) is 22.5 Å². The third kappa shape index (κ3) is 3.41. The maximum atomic E-state index is 11.3. The van der Waals surface area contributed by atoms with Gasteiger partial charge in [0.05, 0.1) is 11.1 Å². The molecule has 0 radical (unpaired) electrons. The molecule has 0 saturated carbocycles. The van der Waals surface area contributed by atoms with Gasteiger partial charge in [0.25, 0.3) is 0 Å². The van der Waals surface area contributed by atoms with Crippen molar-refractivity contribution in [3.8, 4) is 0 Å². The molecule has 1 aromatic rings. The quantitative estimate of drug-likeness (QED) is 0.614. The highest BCUT2D eigenvalue weighted by Crippen LogP contribution is 2.05. The normalized spacial score (nSPS) is 9.86. The van der Waals surface area contributed by atoms with Gasteiger partial charge in [-0.1, -0.05) is 13.3 Å². The SMILES string of the molecule is CCCCOC(=O)c1ncc(Br)cn1. The molecule has 1 rings (SSSR count). The van der Waals surface area contributed by atoms with E-state index < -0.39 is 5.97 Å². The van der Waals surface area contributed by atoms with Crippen molar-refractivity contribution in [2.75, 3.05) is 6.61 Å². The molecule has 0 bridgehead atoms. The summed E-state index contributed by atoms with van der Waals surface area (Å²) in [7, 11) is 0. The second-order valence-electron chi connectivity index (χ2n) is 2.71. The van der Waals surface area contributed by atoms with Crippen LogP contribution in [-0.2, 0) is 4.74 Å². The molecular weight excluding hydrogens is 248 g/mol. The van der Waals surface area contributed by atoms with Crippen LogP contribution >= 0.6 is 15.9 Å². The van der Waals surface area contributed by atoms with Gasteiger partial charge in [-0.25, -0.2) is 14.8 Å². The van der Waals surface area contributed by atoms with Gasteiger partial charge >= 0.3 is 5.97 Å². The Kier molecular flexibility index (Phi) is 4.52. The van der Waals surface area contributed by atoms with Crippen LogP contribution in [0.2, 0.25) is 0 Å². The summed E-state index contributed by atoms with van der Waals surface area (Å²) in [6.45, 7) is 2.46. The van der Waals surface area contributed by atoms with E-state index in [-0.39, 0.29) is 5.82 Å². The standard InChI is InChI=1S/C9H11BrN2O2/c1-2-3-4-14-9(13)8-11-5-7(10)6-12-8/h5-6H,2-4H2,1H3. The Morgan fingerprint density at radius 2 is 2.14 bits per heavy atom. The minimum Gasteiger partial charge on any atom is -0.460 e. The average molecular weight is 259 g/mol. The van der Waals surface area contributed by atoms with Crippen molar-refractivity contribution in [2.45, 2.75) is 19.8 Å². The molecular formula is C9H11BrN2O2. The molecule has 0 fully saturated rings. The lowest BCUT2D eigenvalue weighted by molar-refractivity contribution is 0.0485. The minimum absolute atomic E-state index is 0.101. The molecule has 0 spiro atoms. The fraction of sp³-hybridized carbons (Fsp3) is 0.444. The molecule has 0 atom stereocenters. The molecule has 0 amide bonds. The number of nitrogens with zero attached hydrogens (tertiary/aromatic N) is 2. The Labute approximate surface area is 90.8 Å². The van der Waals surface area contributed by atoms with E-state index in [1.54, 1.807) is 0 Å². The van der Waals surface area contributed by atoms with Crippen LogP contribution in [0.3, 0.4) is 0 Å². The lowest BCUT2D eigenvalue weighted by Gasteiger charge is -2.01. The van der Waals surface area contributed by atoms with Gasteiger partial charge in [0.2, 0.25) is 5.82 Å². The third-order valence-corrected chi connectivity index (χ3v) is 1.94. The first-order valence-corrected chi connectivity index (χ1v) is 5.18. The molecule has 5 heteroatoms. The first-order valence-electron chi connectivity index (χ1n) is 4.38. The molecule has 0 aliphatic rings. The van der Waals surface area contributed by atoms with Gasteiger partial charge in [0.15, 0.2) is 0 Å². The van der Waals surface area contributed by atoms with Crippen molar-refractivity contribution in [1.29, 1.82) is 0 Å². The Morgan fingerprint density at radius 1 is 1.50 bits per heavy atom.